The quantitative estimate of drug-likeness (QED) is 0.759. The first-order valence-electron chi connectivity index (χ1n) is 5.83. The second-order valence-electron chi connectivity index (χ2n) is 4.43. The summed E-state index contributed by atoms with van der Waals surface area (Å²) in [6, 6.07) is 7.47. The van der Waals surface area contributed by atoms with Crippen LogP contribution in [0.1, 0.15) is 31.2 Å². The molecule has 3 nitrogen and oxygen atoms in total. The van der Waals surface area contributed by atoms with Crippen molar-refractivity contribution >= 4 is 11.4 Å². The summed E-state index contributed by atoms with van der Waals surface area (Å²) in [4.78, 5) is 0. The Labute approximate surface area is 96.3 Å². The Bertz CT molecular complexity index is 402. The summed E-state index contributed by atoms with van der Waals surface area (Å²) in [5, 5.41) is 12.0. The average molecular weight is 215 g/mol. The van der Waals surface area contributed by atoms with E-state index in [-0.39, 0.29) is 0 Å². The fourth-order valence-electron chi connectivity index (χ4n) is 1.99. The molecule has 0 saturated heterocycles. The van der Waals surface area contributed by atoms with Gasteiger partial charge >= 0.3 is 0 Å². The average Bonchev–Trinajstić information content (AvgIpc) is 2.23. The largest absolute Gasteiger partial charge is 0.397 e. The first kappa shape index (κ1) is 10.8. The molecule has 3 heteroatoms. The van der Waals surface area contributed by atoms with Gasteiger partial charge in [0.25, 0.3) is 0 Å². The van der Waals surface area contributed by atoms with Gasteiger partial charge in [0.05, 0.1) is 23.0 Å². The van der Waals surface area contributed by atoms with Gasteiger partial charge in [0.1, 0.15) is 0 Å². The van der Waals surface area contributed by atoms with E-state index in [2.05, 4.69) is 11.4 Å². The van der Waals surface area contributed by atoms with E-state index in [9.17, 15) is 0 Å². The van der Waals surface area contributed by atoms with E-state index in [1.807, 2.05) is 6.07 Å². The molecule has 0 heterocycles. The molecule has 1 aliphatic rings. The number of hydrogen-bond donors (Lipinski definition) is 2. The lowest BCUT2D eigenvalue weighted by Crippen LogP contribution is -2.16. The topological polar surface area (TPSA) is 61.8 Å². The normalized spacial score (nSPS) is 15.2. The van der Waals surface area contributed by atoms with Gasteiger partial charge in [0.2, 0.25) is 0 Å². The Morgan fingerprint density at radius 1 is 1.44 bits per heavy atom. The molecule has 1 fully saturated rings. The second kappa shape index (κ2) is 4.89. The van der Waals surface area contributed by atoms with E-state index in [0.29, 0.717) is 11.3 Å². The minimum absolute atomic E-state index is 0.613. The number of nitriles is 1. The molecule has 2 rings (SSSR count). The molecule has 0 unspecified atom stereocenters. The lowest BCUT2D eigenvalue weighted by Gasteiger charge is -2.25. The molecule has 16 heavy (non-hydrogen) atoms. The summed E-state index contributed by atoms with van der Waals surface area (Å²) in [6.07, 6.45) is 5.37. The summed E-state index contributed by atoms with van der Waals surface area (Å²) in [5.74, 6) is 0.909. The highest BCUT2D eigenvalue weighted by Gasteiger charge is 2.16. The Kier molecular flexibility index (Phi) is 3.31. The molecule has 0 radical (unpaired) electrons. The number of nitrogens with two attached hydrogens (primary N) is 1. The molecule has 0 bridgehead atoms. The molecule has 1 aromatic carbocycles. The number of nitrogens with zero attached hydrogens (tertiary/aromatic N) is 1. The Morgan fingerprint density at radius 2 is 2.25 bits per heavy atom. The van der Waals surface area contributed by atoms with Gasteiger partial charge in [-0.25, -0.2) is 0 Å². The highest BCUT2D eigenvalue weighted by Crippen LogP contribution is 2.29. The van der Waals surface area contributed by atoms with Crippen LogP contribution in [-0.2, 0) is 0 Å². The molecule has 3 N–H and O–H groups in total. The van der Waals surface area contributed by atoms with Crippen LogP contribution in [0.5, 0.6) is 0 Å². The summed E-state index contributed by atoms with van der Waals surface area (Å²) < 4.78 is 0. The lowest BCUT2D eigenvalue weighted by atomic mass is 9.83. The molecule has 0 aromatic heterocycles. The zero-order valence-electron chi connectivity index (χ0n) is 9.37. The summed E-state index contributed by atoms with van der Waals surface area (Å²) in [7, 11) is 0. The maximum Gasteiger partial charge on any atom is 0.0992 e. The molecule has 0 amide bonds. The molecule has 0 spiro atoms. The number of nitrogen functional groups attached to an aromatic ring is 1. The predicted octanol–water partition coefficient (Wildman–Crippen LogP) is 2.74. The highest BCUT2D eigenvalue weighted by atomic mass is 14.9. The first-order chi connectivity index (χ1) is 7.79. The van der Waals surface area contributed by atoms with Gasteiger partial charge in [0, 0.05) is 6.54 Å². The molecule has 84 valence electrons. The van der Waals surface area contributed by atoms with Crippen molar-refractivity contribution in [1.82, 2.24) is 0 Å². The smallest absolute Gasteiger partial charge is 0.0992 e. The number of benzene rings is 1. The van der Waals surface area contributed by atoms with Crippen molar-refractivity contribution in [1.29, 1.82) is 5.26 Å². The van der Waals surface area contributed by atoms with E-state index in [1.165, 1.54) is 25.7 Å². The van der Waals surface area contributed by atoms with Crippen molar-refractivity contribution in [3.8, 4) is 6.07 Å². The van der Waals surface area contributed by atoms with E-state index >= 15 is 0 Å². The molecular weight excluding hydrogens is 198 g/mol. The van der Waals surface area contributed by atoms with Crippen LogP contribution in [0, 0.1) is 17.2 Å². The van der Waals surface area contributed by atoms with Gasteiger partial charge < -0.3 is 11.1 Å². The summed E-state index contributed by atoms with van der Waals surface area (Å²) >= 11 is 0. The second-order valence-corrected chi connectivity index (χ2v) is 4.43. The van der Waals surface area contributed by atoms with Gasteiger partial charge in [-0.15, -0.1) is 0 Å². The van der Waals surface area contributed by atoms with E-state index in [4.69, 9.17) is 11.0 Å². The zero-order valence-corrected chi connectivity index (χ0v) is 9.37. The van der Waals surface area contributed by atoms with Crippen LogP contribution >= 0.6 is 0 Å². The first-order valence-corrected chi connectivity index (χ1v) is 5.83. The zero-order chi connectivity index (χ0) is 11.4. The minimum Gasteiger partial charge on any atom is -0.397 e. The Balaban J connectivity index is 1.86. The molecule has 1 aliphatic carbocycles. The van der Waals surface area contributed by atoms with Crippen LogP contribution in [-0.4, -0.2) is 6.54 Å². The van der Waals surface area contributed by atoms with Crippen molar-refractivity contribution in [3.05, 3.63) is 23.8 Å². The van der Waals surface area contributed by atoms with Crippen LogP contribution in [0.25, 0.3) is 0 Å². The van der Waals surface area contributed by atoms with Crippen molar-refractivity contribution in [3.63, 3.8) is 0 Å². The maximum atomic E-state index is 8.72. The third-order valence-corrected chi connectivity index (χ3v) is 3.27. The van der Waals surface area contributed by atoms with Gasteiger partial charge in [-0.1, -0.05) is 19.3 Å². The SMILES string of the molecule is N#Cc1ccc(NCCC2CCC2)c(N)c1. The third kappa shape index (κ3) is 2.46. The van der Waals surface area contributed by atoms with Crippen LogP contribution in [0.3, 0.4) is 0 Å². The molecule has 0 atom stereocenters. The number of nitrogens with one attached hydrogen (secondary N) is 1. The maximum absolute atomic E-state index is 8.72. The van der Waals surface area contributed by atoms with Gasteiger partial charge in [-0.2, -0.15) is 5.26 Å². The van der Waals surface area contributed by atoms with Gasteiger partial charge in [-0.05, 0) is 30.5 Å². The lowest BCUT2D eigenvalue weighted by molar-refractivity contribution is 0.303. The van der Waals surface area contributed by atoms with E-state index in [0.717, 1.165) is 18.2 Å². The van der Waals surface area contributed by atoms with Crippen molar-refractivity contribution in [2.24, 2.45) is 5.92 Å². The predicted molar refractivity (Wildman–Crippen MR) is 66.0 cm³/mol. The van der Waals surface area contributed by atoms with Crippen molar-refractivity contribution in [2.45, 2.75) is 25.7 Å². The summed E-state index contributed by atoms with van der Waals surface area (Å²) in [5.41, 5.74) is 8.06. The summed E-state index contributed by atoms with van der Waals surface area (Å²) in [6.45, 7) is 0.973. The van der Waals surface area contributed by atoms with Crippen LogP contribution in [0.4, 0.5) is 11.4 Å². The Hall–Kier alpha value is -1.69. The van der Waals surface area contributed by atoms with Gasteiger partial charge in [-0.3, -0.25) is 0 Å². The van der Waals surface area contributed by atoms with E-state index < -0.39 is 0 Å². The molecule has 1 aromatic rings. The Morgan fingerprint density at radius 3 is 2.81 bits per heavy atom. The van der Waals surface area contributed by atoms with E-state index in [1.54, 1.807) is 12.1 Å². The van der Waals surface area contributed by atoms with Crippen molar-refractivity contribution < 1.29 is 0 Å². The third-order valence-electron chi connectivity index (χ3n) is 3.27. The molecular formula is C13H17N3. The number of rotatable bonds is 4. The van der Waals surface area contributed by atoms with Crippen molar-refractivity contribution in [2.75, 3.05) is 17.6 Å². The van der Waals surface area contributed by atoms with Crippen LogP contribution in [0.15, 0.2) is 18.2 Å². The fraction of sp³-hybridized carbons (Fsp3) is 0.462. The number of anilines is 2. The molecule has 1 saturated carbocycles. The van der Waals surface area contributed by atoms with Gasteiger partial charge in [0.15, 0.2) is 0 Å². The monoisotopic (exact) mass is 215 g/mol. The molecule has 0 aliphatic heterocycles. The standard InChI is InChI=1S/C13H17N3/c14-9-11-4-5-13(12(15)8-11)16-7-6-10-2-1-3-10/h4-5,8,10,16H,1-3,6-7,15H2. The minimum atomic E-state index is 0.613. The van der Waals surface area contributed by atoms with Crippen LogP contribution < -0.4 is 11.1 Å². The fourth-order valence-corrected chi connectivity index (χ4v) is 1.99. The number of hydrogen-bond acceptors (Lipinski definition) is 3. The van der Waals surface area contributed by atoms with Crippen LogP contribution in [0.2, 0.25) is 0 Å². The highest BCUT2D eigenvalue weighted by molar-refractivity contribution is 5.68.